The number of fused-ring (bicyclic) bond motifs is 2. The van der Waals surface area contributed by atoms with Crippen LogP contribution in [-0.4, -0.2) is 40.4 Å². The number of aromatic nitrogens is 4. The quantitative estimate of drug-likeness (QED) is 0.502. The lowest BCUT2D eigenvalue weighted by atomic mass is 10.2. The zero-order valence-corrected chi connectivity index (χ0v) is 15.2. The van der Waals surface area contributed by atoms with Crippen LogP contribution < -0.4 is 20.1 Å². The summed E-state index contributed by atoms with van der Waals surface area (Å²) in [4.78, 5) is 9.35. The van der Waals surface area contributed by atoms with Crippen molar-refractivity contribution in [2.24, 2.45) is 0 Å². The van der Waals surface area contributed by atoms with Gasteiger partial charge >= 0.3 is 0 Å². The van der Waals surface area contributed by atoms with Gasteiger partial charge in [0.05, 0.1) is 19.0 Å². The van der Waals surface area contributed by atoms with Crippen LogP contribution in [0.1, 0.15) is 0 Å². The molecular weight excluding hydrogens is 356 g/mol. The summed E-state index contributed by atoms with van der Waals surface area (Å²) in [6.45, 7) is 1.46. The van der Waals surface area contributed by atoms with Crippen molar-refractivity contribution in [2.75, 3.05) is 30.9 Å². The normalized spacial score (nSPS) is 12.8. The Balaban J connectivity index is 1.56. The van der Waals surface area contributed by atoms with Gasteiger partial charge in [0.2, 0.25) is 0 Å². The molecule has 2 aromatic carbocycles. The van der Waals surface area contributed by atoms with E-state index in [0.29, 0.717) is 18.2 Å². The van der Waals surface area contributed by atoms with Gasteiger partial charge < -0.3 is 20.1 Å². The van der Waals surface area contributed by atoms with E-state index in [4.69, 9.17) is 14.5 Å². The first-order valence-corrected chi connectivity index (χ1v) is 8.93. The topological polar surface area (TPSA) is 97.0 Å². The molecule has 0 fully saturated rings. The fourth-order valence-electron chi connectivity index (χ4n) is 3.18. The first kappa shape index (κ1) is 16.4. The van der Waals surface area contributed by atoms with Gasteiger partial charge in [-0.15, -0.1) is 0 Å². The van der Waals surface area contributed by atoms with E-state index in [1.54, 1.807) is 13.3 Å². The van der Waals surface area contributed by atoms with Crippen LogP contribution in [0.15, 0.2) is 48.7 Å². The molecule has 8 nitrogen and oxygen atoms in total. The fraction of sp³-hybridized carbons (Fsp3) is 0.150. The van der Waals surface area contributed by atoms with Crippen LogP contribution in [0.3, 0.4) is 0 Å². The first-order valence-electron chi connectivity index (χ1n) is 8.93. The van der Waals surface area contributed by atoms with E-state index in [0.717, 1.165) is 46.0 Å². The molecule has 0 unspecified atom stereocenters. The van der Waals surface area contributed by atoms with E-state index in [-0.39, 0.29) is 0 Å². The Morgan fingerprint density at radius 3 is 3.04 bits per heavy atom. The molecule has 3 heterocycles. The van der Waals surface area contributed by atoms with Gasteiger partial charge in [-0.2, -0.15) is 5.10 Å². The summed E-state index contributed by atoms with van der Waals surface area (Å²) in [7, 11) is 1.64. The highest BCUT2D eigenvalue weighted by molar-refractivity contribution is 5.89. The van der Waals surface area contributed by atoms with Crippen molar-refractivity contribution in [2.45, 2.75) is 0 Å². The number of anilines is 3. The van der Waals surface area contributed by atoms with Crippen LogP contribution in [0.4, 0.5) is 17.2 Å². The second kappa shape index (κ2) is 6.73. The summed E-state index contributed by atoms with van der Waals surface area (Å²) in [5.74, 6) is 2.85. The van der Waals surface area contributed by atoms with Gasteiger partial charge in [-0.1, -0.05) is 12.1 Å². The average Bonchev–Trinajstić information content (AvgIpc) is 3.23. The van der Waals surface area contributed by atoms with E-state index in [1.165, 1.54) is 0 Å². The first-order chi connectivity index (χ1) is 13.8. The average molecular weight is 374 g/mol. The van der Waals surface area contributed by atoms with Crippen molar-refractivity contribution >= 4 is 28.2 Å². The molecule has 3 N–H and O–H groups in total. The Morgan fingerprint density at radius 1 is 1.14 bits per heavy atom. The van der Waals surface area contributed by atoms with E-state index >= 15 is 0 Å². The lowest BCUT2D eigenvalue weighted by molar-refractivity contribution is 0.323. The Morgan fingerprint density at radius 2 is 2.11 bits per heavy atom. The highest BCUT2D eigenvalue weighted by Gasteiger charge is 2.14. The molecule has 140 valence electrons. The molecule has 0 bridgehead atoms. The van der Waals surface area contributed by atoms with Crippen molar-refractivity contribution in [1.82, 2.24) is 20.2 Å². The van der Waals surface area contributed by atoms with Gasteiger partial charge in [0.15, 0.2) is 11.6 Å². The van der Waals surface area contributed by atoms with Crippen molar-refractivity contribution in [3.05, 3.63) is 48.7 Å². The fourth-order valence-corrected chi connectivity index (χ4v) is 3.18. The predicted molar refractivity (Wildman–Crippen MR) is 107 cm³/mol. The maximum Gasteiger partial charge on any atom is 0.162 e. The largest absolute Gasteiger partial charge is 0.497 e. The third-order valence-corrected chi connectivity index (χ3v) is 4.55. The summed E-state index contributed by atoms with van der Waals surface area (Å²) in [5.41, 5.74) is 4.19. The molecule has 28 heavy (non-hydrogen) atoms. The van der Waals surface area contributed by atoms with Gasteiger partial charge in [0.25, 0.3) is 0 Å². The van der Waals surface area contributed by atoms with Gasteiger partial charge in [-0.05, 0) is 30.3 Å². The summed E-state index contributed by atoms with van der Waals surface area (Å²) < 4.78 is 11.0. The summed E-state index contributed by atoms with van der Waals surface area (Å²) in [6.07, 6.45) is 1.69. The standard InChI is InChI=1S/C20H18N6O2/c1-27-14-4-2-3-12(9-14)19-24-16-11-22-26-18(16)20(25-19)23-13-5-6-17-15(10-13)21-7-8-28-17/h2-6,9-11,21H,7-8H2,1H3,(H,22,26)(H,23,24,25). The van der Waals surface area contributed by atoms with E-state index in [1.807, 2.05) is 42.5 Å². The van der Waals surface area contributed by atoms with Crippen LogP contribution in [0.25, 0.3) is 22.4 Å². The lowest BCUT2D eigenvalue weighted by Gasteiger charge is -2.20. The molecular formula is C20H18N6O2. The number of hydrogen-bond donors (Lipinski definition) is 3. The maximum atomic E-state index is 5.64. The van der Waals surface area contributed by atoms with Gasteiger partial charge in [0, 0.05) is 17.8 Å². The van der Waals surface area contributed by atoms with Crippen LogP contribution >= 0.6 is 0 Å². The van der Waals surface area contributed by atoms with Crippen LogP contribution in [0, 0.1) is 0 Å². The van der Waals surface area contributed by atoms with Crippen molar-refractivity contribution < 1.29 is 9.47 Å². The second-order valence-corrected chi connectivity index (χ2v) is 6.37. The number of rotatable bonds is 4. The monoisotopic (exact) mass is 374 g/mol. The number of ether oxygens (including phenoxy) is 2. The number of H-pyrrole nitrogens is 1. The summed E-state index contributed by atoms with van der Waals surface area (Å²) in [6, 6.07) is 13.6. The molecule has 0 radical (unpaired) electrons. The van der Waals surface area contributed by atoms with Crippen LogP contribution in [-0.2, 0) is 0 Å². The molecule has 0 atom stereocenters. The van der Waals surface area contributed by atoms with Gasteiger partial charge in [-0.25, -0.2) is 9.97 Å². The third-order valence-electron chi connectivity index (χ3n) is 4.55. The van der Waals surface area contributed by atoms with Crippen molar-refractivity contribution in [1.29, 1.82) is 0 Å². The Labute approximate surface area is 160 Å². The minimum Gasteiger partial charge on any atom is -0.497 e. The van der Waals surface area contributed by atoms with Crippen LogP contribution in [0.5, 0.6) is 11.5 Å². The number of benzene rings is 2. The molecule has 4 aromatic rings. The molecule has 8 heteroatoms. The molecule has 0 saturated heterocycles. The van der Waals surface area contributed by atoms with Crippen molar-refractivity contribution in [3.8, 4) is 22.9 Å². The number of hydrogen-bond acceptors (Lipinski definition) is 7. The molecule has 0 aliphatic carbocycles. The van der Waals surface area contributed by atoms with Gasteiger partial charge in [0.1, 0.15) is 29.1 Å². The zero-order chi connectivity index (χ0) is 18.9. The molecule has 1 aliphatic heterocycles. The molecule has 1 aliphatic rings. The molecule has 2 aromatic heterocycles. The third kappa shape index (κ3) is 2.94. The predicted octanol–water partition coefficient (Wildman–Crippen LogP) is 3.58. The Bertz CT molecular complexity index is 1160. The summed E-state index contributed by atoms with van der Waals surface area (Å²) >= 11 is 0. The highest BCUT2D eigenvalue weighted by atomic mass is 16.5. The SMILES string of the molecule is COc1cccc(-c2nc(Nc3ccc4c(c3)NCCO4)c3[nH]ncc3n2)c1. The number of nitrogens with one attached hydrogen (secondary N) is 3. The summed E-state index contributed by atoms with van der Waals surface area (Å²) in [5, 5.41) is 13.8. The van der Waals surface area contributed by atoms with Gasteiger partial charge in [-0.3, -0.25) is 5.10 Å². The maximum absolute atomic E-state index is 5.64. The smallest absolute Gasteiger partial charge is 0.162 e. The number of methoxy groups -OCH3 is 1. The minimum atomic E-state index is 0.592. The highest BCUT2D eigenvalue weighted by Crippen LogP contribution is 2.33. The van der Waals surface area contributed by atoms with Crippen LogP contribution in [0.2, 0.25) is 0 Å². The molecule has 0 saturated carbocycles. The number of aromatic amines is 1. The Kier molecular flexibility index (Phi) is 3.93. The van der Waals surface area contributed by atoms with E-state index in [2.05, 4.69) is 25.8 Å². The van der Waals surface area contributed by atoms with Crippen molar-refractivity contribution in [3.63, 3.8) is 0 Å². The minimum absolute atomic E-state index is 0.592. The molecule has 5 rings (SSSR count). The van der Waals surface area contributed by atoms with E-state index in [9.17, 15) is 0 Å². The van der Waals surface area contributed by atoms with E-state index < -0.39 is 0 Å². The second-order valence-electron chi connectivity index (χ2n) is 6.37. The zero-order valence-electron chi connectivity index (χ0n) is 15.2. The molecule has 0 spiro atoms. The number of nitrogens with zero attached hydrogens (tertiary/aromatic N) is 3. The lowest BCUT2D eigenvalue weighted by Crippen LogP contribution is -2.17. The molecule has 0 amide bonds. The Hall–Kier alpha value is -3.81.